The Balaban J connectivity index is 1.36. The average molecular weight is 532 g/mol. The fraction of sp³-hybridized carbons (Fsp3) is 0.400. The minimum Gasteiger partial charge on any atom is -0.493 e. The summed E-state index contributed by atoms with van der Waals surface area (Å²) in [4.78, 5) is 31.9. The molecule has 0 bridgehead atoms. The van der Waals surface area contributed by atoms with E-state index >= 15 is 0 Å². The van der Waals surface area contributed by atoms with Crippen LogP contribution in [-0.4, -0.2) is 84.8 Å². The van der Waals surface area contributed by atoms with E-state index in [0.717, 1.165) is 35.6 Å². The molecule has 3 aromatic rings. The van der Waals surface area contributed by atoms with Gasteiger partial charge in [0.2, 0.25) is 11.8 Å². The molecule has 4 rings (SSSR count). The van der Waals surface area contributed by atoms with Gasteiger partial charge in [-0.25, -0.2) is 0 Å². The zero-order chi connectivity index (χ0) is 27.8. The Bertz CT molecular complexity index is 1250. The maximum atomic E-state index is 13.2. The Labute approximate surface area is 230 Å². The topological polar surface area (TPSA) is 88.1 Å². The molecule has 2 aromatic carbocycles. The van der Waals surface area contributed by atoms with Gasteiger partial charge in [0.1, 0.15) is 0 Å². The predicted molar refractivity (Wildman–Crippen MR) is 151 cm³/mol. The quantitative estimate of drug-likeness (QED) is 0.416. The molecule has 1 fully saturated rings. The maximum Gasteiger partial charge on any atom is 0.242 e. The number of hydrogen-bond acceptors (Lipinski definition) is 7. The number of hydrogen-bond donors (Lipinski definition) is 0. The van der Waals surface area contributed by atoms with Gasteiger partial charge in [-0.2, -0.15) is 0 Å². The molecule has 0 unspecified atom stereocenters. The fourth-order valence-corrected chi connectivity index (χ4v) is 4.72. The van der Waals surface area contributed by atoms with Crippen molar-refractivity contribution in [3.8, 4) is 22.8 Å². The third kappa shape index (κ3) is 7.04. The van der Waals surface area contributed by atoms with E-state index in [9.17, 15) is 9.59 Å². The smallest absolute Gasteiger partial charge is 0.242 e. The molecule has 2 amide bonds. The highest BCUT2D eigenvalue weighted by atomic mass is 16.5. The van der Waals surface area contributed by atoms with Gasteiger partial charge in [-0.1, -0.05) is 30.3 Å². The second-order valence-corrected chi connectivity index (χ2v) is 9.85. The van der Waals surface area contributed by atoms with Crippen molar-refractivity contribution >= 4 is 17.6 Å². The lowest BCUT2D eigenvalue weighted by Gasteiger charge is -2.29. The van der Waals surface area contributed by atoms with Crippen molar-refractivity contribution in [2.75, 3.05) is 51.8 Å². The van der Waals surface area contributed by atoms with Crippen molar-refractivity contribution in [1.29, 1.82) is 0 Å². The van der Waals surface area contributed by atoms with Crippen molar-refractivity contribution < 1.29 is 19.1 Å². The van der Waals surface area contributed by atoms with E-state index in [1.807, 2.05) is 79.4 Å². The Hall–Kier alpha value is -4.14. The molecule has 0 spiro atoms. The van der Waals surface area contributed by atoms with Gasteiger partial charge in [0.15, 0.2) is 17.3 Å². The molecule has 2 heterocycles. The summed E-state index contributed by atoms with van der Waals surface area (Å²) in [6, 6.07) is 19.1. The van der Waals surface area contributed by atoms with Crippen LogP contribution in [0.2, 0.25) is 0 Å². The molecule has 206 valence electrons. The van der Waals surface area contributed by atoms with Crippen molar-refractivity contribution in [1.82, 2.24) is 20.0 Å². The number of benzene rings is 2. The SMILES string of the molecule is COc1ccc(-c2ccc(N3CCCN(C(=O)CN(C(=O)Cc4ccccc4)C(C)C)CC3)nn2)cc1OC. The first-order chi connectivity index (χ1) is 18.9. The van der Waals surface area contributed by atoms with Crippen molar-refractivity contribution in [2.24, 2.45) is 0 Å². The summed E-state index contributed by atoms with van der Waals surface area (Å²) in [5.74, 6) is 2.01. The number of rotatable bonds is 9. The molecule has 1 aliphatic rings. The van der Waals surface area contributed by atoms with Crippen molar-refractivity contribution in [3.63, 3.8) is 0 Å². The van der Waals surface area contributed by atoms with Gasteiger partial charge in [0, 0.05) is 37.8 Å². The number of carbonyl (C=O) groups excluding carboxylic acids is 2. The number of amides is 2. The summed E-state index contributed by atoms with van der Waals surface area (Å²) in [5, 5.41) is 8.91. The van der Waals surface area contributed by atoms with Crippen LogP contribution in [0.3, 0.4) is 0 Å². The first-order valence-electron chi connectivity index (χ1n) is 13.3. The Kier molecular flexibility index (Phi) is 9.35. The Morgan fingerprint density at radius 1 is 0.897 bits per heavy atom. The maximum absolute atomic E-state index is 13.2. The highest BCUT2D eigenvalue weighted by Crippen LogP contribution is 2.31. The lowest BCUT2D eigenvalue weighted by Crippen LogP contribution is -2.47. The lowest BCUT2D eigenvalue weighted by molar-refractivity contribution is -0.141. The first-order valence-corrected chi connectivity index (χ1v) is 13.3. The number of ether oxygens (including phenoxy) is 2. The fourth-order valence-electron chi connectivity index (χ4n) is 4.72. The van der Waals surface area contributed by atoms with Gasteiger partial charge >= 0.3 is 0 Å². The highest BCUT2D eigenvalue weighted by Gasteiger charge is 2.25. The molecule has 1 aromatic heterocycles. The lowest BCUT2D eigenvalue weighted by atomic mass is 10.1. The molecule has 0 aliphatic carbocycles. The molecule has 1 saturated heterocycles. The van der Waals surface area contributed by atoms with E-state index < -0.39 is 0 Å². The van der Waals surface area contributed by atoms with E-state index in [0.29, 0.717) is 31.1 Å². The molecule has 39 heavy (non-hydrogen) atoms. The largest absolute Gasteiger partial charge is 0.493 e. The van der Waals surface area contributed by atoms with Gasteiger partial charge in [0.05, 0.1) is 32.9 Å². The number of methoxy groups -OCH3 is 2. The molecule has 0 radical (unpaired) electrons. The number of carbonyl (C=O) groups is 2. The monoisotopic (exact) mass is 531 g/mol. The second kappa shape index (κ2) is 13.1. The van der Waals surface area contributed by atoms with Crippen LogP contribution in [0.15, 0.2) is 60.7 Å². The van der Waals surface area contributed by atoms with Crippen LogP contribution in [0.4, 0.5) is 5.82 Å². The van der Waals surface area contributed by atoms with Gasteiger partial charge in [-0.05, 0) is 56.2 Å². The third-order valence-electron chi connectivity index (χ3n) is 6.95. The van der Waals surface area contributed by atoms with E-state index in [-0.39, 0.29) is 30.8 Å². The molecule has 0 atom stereocenters. The van der Waals surface area contributed by atoms with E-state index in [1.165, 1.54) is 0 Å². The van der Waals surface area contributed by atoms with Crippen LogP contribution in [0.5, 0.6) is 11.5 Å². The summed E-state index contributed by atoms with van der Waals surface area (Å²) in [6.07, 6.45) is 1.10. The van der Waals surface area contributed by atoms with Crippen LogP contribution >= 0.6 is 0 Å². The van der Waals surface area contributed by atoms with Gasteiger partial charge in [-0.15, -0.1) is 10.2 Å². The number of nitrogens with zero attached hydrogens (tertiary/aromatic N) is 5. The van der Waals surface area contributed by atoms with Crippen LogP contribution in [0, 0.1) is 0 Å². The van der Waals surface area contributed by atoms with Gasteiger partial charge in [-0.3, -0.25) is 9.59 Å². The van der Waals surface area contributed by atoms with Crippen LogP contribution in [0.1, 0.15) is 25.8 Å². The predicted octanol–water partition coefficient (Wildman–Crippen LogP) is 3.68. The molecule has 9 nitrogen and oxygen atoms in total. The molecule has 0 saturated carbocycles. The van der Waals surface area contributed by atoms with Gasteiger partial charge < -0.3 is 24.2 Å². The highest BCUT2D eigenvalue weighted by molar-refractivity contribution is 5.86. The zero-order valence-corrected chi connectivity index (χ0v) is 23.2. The van der Waals surface area contributed by atoms with Crippen LogP contribution in [-0.2, 0) is 16.0 Å². The zero-order valence-electron chi connectivity index (χ0n) is 23.2. The van der Waals surface area contributed by atoms with E-state index in [2.05, 4.69) is 15.1 Å². The van der Waals surface area contributed by atoms with Gasteiger partial charge in [0.25, 0.3) is 0 Å². The summed E-state index contributed by atoms with van der Waals surface area (Å²) in [5.41, 5.74) is 2.57. The summed E-state index contributed by atoms with van der Waals surface area (Å²) >= 11 is 0. The van der Waals surface area contributed by atoms with E-state index in [1.54, 1.807) is 19.1 Å². The molecular weight excluding hydrogens is 494 g/mol. The summed E-state index contributed by atoms with van der Waals surface area (Å²) in [7, 11) is 3.21. The minimum absolute atomic E-state index is 0.0261. The number of aromatic nitrogens is 2. The molecule has 1 aliphatic heterocycles. The van der Waals surface area contributed by atoms with Crippen LogP contribution < -0.4 is 14.4 Å². The normalized spacial score (nSPS) is 13.7. The van der Waals surface area contributed by atoms with Crippen molar-refractivity contribution in [2.45, 2.75) is 32.7 Å². The summed E-state index contributed by atoms with van der Waals surface area (Å²) in [6.45, 7) is 6.62. The second-order valence-electron chi connectivity index (χ2n) is 9.85. The van der Waals surface area contributed by atoms with E-state index in [4.69, 9.17) is 9.47 Å². The third-order valence-corrected chi connectivity index (χ3v) is 6.95. The molecular formula is C30H37N5O4. The number of anilines is 1. The Morgan fingerprint density at radius 2 is 1.67 bits per heavy atom. The first kappa shape index (κ1) is 27.9. The van der Waals surface area contributed by atoms with Crippen molar-refractivity contribution in [3.05, 3.63) is 66.2 Å². The Morgan fingerprint density at radius 3 is 2.33 bits per heavy atom. The summed E-state index contributed by atoms with van der Waals surface area (Å²) < 4.78 is 10.7. The molecule has 0 N–H and O–H groups in total. The average Bonchev–Trinajstić information content (AvgIpc) is 3.22. The van der Waals surface area contributed by atoms with Crippen LogP contribution in [0.25, 0.3) is 11.3 Å². The minimum atomic E-state index is -0.0619. The molecule has 9 heteroatoms. The standard InChI is InChI=1S/C30H37N5O4/c1-22(2)35(29(36)19-23-9-6-5-7-10-23)21-30(37)34-16-8-15-33(17-18-34)28-14-12-25(31-32-28)24-11-13-26(38-3)27(20-24)39-4/h5-7,9-14,20,22H,8,15-19,21H2,1-4H3.